The highest BCUT2D eigenvalue weighted by Crippen LogP contribution is 2.30. The van der Waals surface area contributed by atoms with Crippen molar-refractivity contribution in [3.05, 3.63) is 59.9 Å². The van der Waals surface area contributed by atoms with Gasteiger partial charge in [-0.05, 0) is 55.3 Å². The highest BCUT2D eigenvalue weighted by atomic mass is 32.2. The zero-order chi connectivity index (χ0) is 17.2. The maximum Gasteiger partial charge on any atom is 0.255 e. The predicted molar refractivity (Wildman–Crippen MR) is 90.2 cm³/mol. The third-order valence-corrected chi connectivity index (χ3v) is 6.53. The van der Waals surface area contributed by atoms with Crippen molar-refractivity contribution in [3.8, 4) is 0 Å². The predicted octanol–water partition coefficient (Wildman–Crippen LogP) is 3.79. The summed E-state index contributed by atoms with van der Waals surface area (Å²) in [5, 5.41) is 2.32. The molecule has 3 rings (SSSR count). The van der Waals surface area contributed by atoms with Crippen molar-refractivity contribution in [2.45, 2.75) is 35.8 Å². The summed E-state index contributed by atoms with van der Waals surface area (Å²) in [6, 6.07) is 11.5. The van der Waals surface area contributed by atoms with Crippen molar-refractivity contribution in [2.24, 2.45) is 0 Å². The number of halogens is 1. The van der Waals surface area contributed by atoms with Crippen molar-refractivity contribution in [1.29, 1.82) is 0 Å². The summed E-state index contributed by atoms with van der Waals surface area (Å²) in [7, 11) is -3.37. The van der Waals surface area contributed by atoms with Crippen molar-refractivity contribution in [1.82, 2.24) is 0 Å². The second kappa shape index (κ2) is 6.73. The van der Waals surface area contributed by atoms with Crippen LogP contribution in [-0.2, 0) is 9.84 Å². The topological polar surface area (TPSA) is 63.2 Å². The molecule has 0 bridgehead atoms. The van der Waals surface area contributed by atoms with Gasteiger partial charge in [-0.3, -0.25) is 4.79 Å². The zero-order valence-electron chi connectivity index (χ0n) is 13.0. The van der Waals surface area contributed by atoms with E-state index in [9.17, 15) is 17.6 Å². The lowest BCUT2D eigenvalue weighted by molar-refractivity contribution is 0.102. The van der Waals surface area contributed by atoms with Crippen LogP contribution in [0.2, 0.25) is 0 Å². The first-order valence-corrected chi connectivity index (χ1v) is 9.42. The highest BCUT2D eigenvalue weighted by molar-refractivity contribution is 7.92. The molecule has 1 fully saturated rings. The number of amides is 1. The van der Waals surface area contributed by atoms with Gasteiger partial charge in [0, 0.05) is 11.3 Å². The van der Waals surface area contributed by atoms with E-state index < -0.39 is 21.6 Å². The molecule has 0 unspecified atom stereocenters. The Morgan fingerprint density at radius 2 is 1.71 bits per heavy atom. The molecule has 0 radical (unpaired) electrons. The van der Waals surface area contributed by atoms with Gasteiger partial charge in [-0.1, -0.05) is 18.9 Å². The van der Waals surface area contributed by atoms with Gasteiger partial charge in [-0.25, -0.2) is 12.8 Å². The van der Waals surface area contributed by atoms with Crippen LogP contribution in [0.25, 0.3) is 0 Å². The van der Waals surface area contributed by atoms with Gasteiger partial charge in [0.05, 0.1) is 10.1 Å². The standard InChI is InChI=1S/C18H18FNO3S/c19-14-10-8-13(9-11-14)18(21)20-15-4-3-7-17(12-15)24(22,23)16-5-1-2-6-16/h3-4,7-12,16H,1-2,5-6H2,(H,20,21). The Hall–Kier alpha value is -2.21. The maximum absolute atomic E-state index is 12.9. The molecule has 1 N–H and O–H groups in total. The Morgan fingerprint density at radius 3 is 2.38 bits per heavy atom. The van der Waals surface area contributed by atoms with Crippen LogP contribution in [0.4, 0.5) is 10.1 Å². The molecule has 2 aromatic carbocycles. The SMILES string of the molecule is O=C(Nc1cccc(S(=O)(=O)C2CCCC2)c1)c1ccc(F)cc1. The van der Waals surface area contributed by atoms with Gasteiger partial charge in [0.15, 0.2) is 9.84 Å². The first-order chi connectivity index (χ1) is 11.5. The third-order valence-electron chi connectivity index (χ3n) is 4.27. The number of carbonyl (C=O) groups is 1. The summed E-state index contributed by atoms with van der Waals surface area (Å²) in [6.45, 7) is 0. The number of anilines is 1. The number of hydrogen-bond acceptors (Lipinski definition) is 3. The van der Waals surface area contributed by atoms with Gasteiger partial charge in [0.1, 0.15) is 5.82 Å². The average molecular weight is 347 g/mol. The summed E-state index contributed by atoms with van der Waals surface area (Å²) < 4.78 is 38.2. The normalized spacial score (nSPS) is 15.4. The molecular weight excluding hydrogens is 329 g/mol. The van der Waals surface area contributed by atoms with Gasteiger partial charge in [-0.15, -0.1) is 0 Å². The van der Waals surface area contributed by atoms with Crippen LogP contribution in [-0.4, -0.2) is 19.6 Å². The monoisotopic (exact) mass is 347 g/mol. The molecule has 126 valence electrons. The first kappa shape index (κ1) is 16.6. The minimum absolute atomic E-state index is 0.228. The second-order valence-corrected chi connectivity index (χ2v) is 8.17. The molecule has 0 heterocycles. The molecule has 0 spiro atoms. The van der Waals surface area contributed by atoms with Crippen molar-refractivity contribution in [2.75, 3.05) is 5.32 Å². The van der Waals surface area contributed by atoms with E-state index in [2.05, 4.69) is 5.32 Å². The summed E-state index contributed by atoms with van der Waals surface area (Å²) >= 11 is 0. The number of sulfone groups is 1. The van der Waals surface area contributed by atoms with E-state index in [1.807, 2.05) is 0 Å². The number of benzene rings is 2. The van der Waals surface area contributed by atoms with Crippen molar-refractivity contribution >= 4 is 21.4 Å². The number of nitrogens with one attached hydrogen (secondary N) is 1. The molecule has 0 atom stereocenters. The molecule has 1 aliphatic carbocycles. The molecule has 1 amide bonds. The van der Waals surface area contributed by atoms with Crippen LogP contribution < -0.4 is 5.32 Å². The zero-order valence-corrected chi connectivity index (χ0v) is 13.9. The Bertz CT molecular complexity index is 841. The first-order valence-electron chi connectivity index (χ1n) is 7.88. The summed E-state index contributed by atoms with van der Waals surface area (Å²) in [6.07, 6.45) is 3.25. The quantitative estimate of drug-likeness (QED) is 0.915. The van der Waals surface area contributed by atoms with Crippen LogP contribution >= 0.6 is 0 Å². The van der Waals surface area contributed by atoms with Crippen LogP contribution in [0.3, 0.4) is 0 Å². The molecule has 6 heteroatoms. The maximum atomic E-state index is 12.9. The molecule has 0 saturated heterocycles. The molecule has 24 heavy (non-hydrogen) atoms. The van der Waals surface area contributed by atoms with E-state index in [0.29, 0.717) is 24.1 Å². The van der Waals surface area contributed by atoms with Crippen LogP contribution in [0.5, 0.6) is 0 Å². The average Bonchev–Trinajstić information content (AvgIpc) is 3.11. The smallest absolute Gasteiger partial charge is 0.255 e. The fourth-order valence-electron chi connectivity index (χ4n) is 2.95. The Balaban J connectivity index is 1.80. The van der Waals surface area contributed by atoms with Crippen LogP contribution in [0, 0.1) is 5.82 Å². The number of hydrogen-bond donors (Lipinski definition) is 1. The lowest BCUT2D eigenvalue weighted by Gasteiger charge is -2.12. The van der Waals surface area contributed by atoms with Crippen molar-refractivity contribution in [3.63, 3.8) is 0 Å². The molecule has 2 aromatic rings. The fourth-order valence-corrected chi connectivity index (χ4v) is 4.84. The second-order valence-electron chi connectivity index (χ2n) is 5.94. The van der Waals surface area contributed by atoms with Crippen LogP contribution in [0.1, 0.15) is 36.0 Å². The molecule has 1 aliphatic rings. The van der Waals surface area contributed by atoms with Crippen LogP contribution in [0.15, 0.2) is 53.4 Å². The molecular formula is C18H18FNO3S. The van der Waals surface area contributed by atoms with E-state index in [-0.39, 0.29) is 10.1 Å². The van der Waals surface area contributed by atoms with Gasteiger partial charge < -0.3 is 5.32 Å². The van der Waals surface area contributed by atoms with Gasteiger partial charge >= 0.3 is 0 Å². The van der Waals surface area contributed by atoms with Gasteiger partial charge in [0.25, 0.3) is 5.91 Å². The van der Waals surface area contributed by atoms with E-state index in [0.717, 1.165) is 12.8 Å². The lowest BCUT2D eigenvalue weighted by atomic mass is 10.2. The van der Waals surface area contributed by atoms with Gasteiger partial charge in [0.2, 0.25) is 0 Å². The van der Waals surface area contributed by atoms with E-state index in [4.69, 9.17) is 0 Å². The third kappa shape index (κ3) is 3.48. The number of rotatable bonds is 4. The van der Waals surface area contributed by atoms with E-state index in [1.165, 1.54) is 30.3 Å². The number of carbonyl (C=O) groups excluding carboxylic acids is 1. The van der Waals surface area contributed by atoms with Crippen molar-refractivity contribution < 1.29 is 17.6 Å². The molecule has 0 aliphatic heterocycles. The summed E-state index contributed by atoms with van der Waals surface area (Å²) in [4.78, 5) is 12.4. The Labute approximate surface area is 140 Å². The van der Waals surface area contributed by atoms with E-state index in [1.54, 1.807) is 18.2 Å². The highest BCUT2D eigenvalue weighted by Gasteiger charge is 2.30. The lowest BCUT2D eigenvalue weighted by Crippen LogP contribution is -2.18. The minimum atomic E-state index is -3.37. The Morgan fingerprint density at radius 1 is 1.04 bits per heavy atom. The van der Waals surface area contributed by atoms with Gasteiger partial charge in [-0.2, -0.15) is 0 Å². The summed E-state index contributed by atoms with van der Waals surface area (Å²) in [5.74, 6) is -0.832. The minimum Gasteiger partial charge on any atom is -0.322 e. The molecule has 4 nitrogen and oxygen atoms in total. The fraction of sp³-hybridized carbons (Fsp3) is 0.278. The summed E-state index contributed by atoms with van der Waals surface area (Å²) in [5.41, 5.74) is 0.712. The van der Waals surface area contributed by atoms with E-state index >= 15 is 0 Å². The largest absolute Gasteiger partial charge is 0.322 e. The molecule has 1 saturated carbocycles. The molecule has 0 aromatic heterocycles. The Kier molecular flexibility index (Phi) is 4.66.